The van der Waals surface area contributed by atoms with E-state index in [0.717, 1.165) is 77.1 Å². The first-order valence-electron chi connectivity index (χ1n) is 16.1. The summed E-state index contributed by atoms with van der Waals surface area (Å²) in [7, 11) is 0. The summed E-state index contributed by atoms with van der Waals surface area (Å²) in [5.41, 5.74) is 10.2. The molecule has 4 aromatic heterocycles. The van der Waals surface area contributed by atoms with Crippen LogP contribution in [-0.4, -0.2) is 19.9 Å². The molecule has 0 aliphatic heterocycles. The van der Waals surface area contributed by atoms with Gasteiger partial charge in [0.1, 0.15) is 0 Å². The molecular formula is C44H26N4. The van der Waals surface area contributed by atoms with Gasteiger partial charge in [0, 0.05) is 51.3 Å². The minimum atomic E-state index is 0.925. The SMILES string of the molecule is c1cc(-c2cccc(-c3ccc4c5ccccc5c5cccnc5c4n3)c2)cc(-c2cnc3c(c2)c2ccccc2c2cccnc23)c1. The van der Waals surface area contributed by atoms with Crippen molar-refractivity contribution in [3.8, 4) is 33.5 Å². The van der Waals surface area contributed by atoms with E-state index in [1.807, 2.05) is 30.7 Å². The van der Waals surface area contributed by atoms with E-state index in [2.05, 4.69) is 127 Å². The average molecular weight is 611 g/mol. The van der Waals surface area contributed by atoms with Crippen molar-refractivity contribution in [1.82, 2.24) is 19.9 Å². The summed E-state index contributed by atoms with van der Waals surface area (Å²) >= 11 is 0. The summed E-state index contributed by atoms with van der Waals surface area (Å²) in [5, 5.41) is 9.24. The number of pyridine rings is 4. The molecule has 0 bridgehead atoms. The molecule has 222 valence electrons. The number of rotatable bonds is 3. The molecule has 6 aromatic carbocycles. The summed E-state index contributed by atoms with van der Waals surface area (Å²) in [4.78, 5) is 19.7. The first kappa shape index (κ1) is 26.7. The Morgan fingerprint density at radius 2 is 0.771 bits per heavy atom. The Kier molecular flexibility index (Phi) is 5.84. The first-order valence-corrected chi connectivity index (χ1v) is 16.1. The lowest BCUT2D eigenvalue weighted by molar-refractivity contribution is 1.37. The Morgan fingerprint density at radius 3 is 1.42 bits per heavy atom. The second-order valence-electron chi connectivity index (χ2n) is 12.3. The monoisotopic (exact) mass is 610 g/mol. The van der Waals surface area contributed by atoms with Gasteiger partial charge in [-0.25, -0.2) is 4.98 Å². The third-order valence-corrected chi connectivity index (χ3v) is 9.55. The van der Waals surface area contributed by atoms with Crippen LogP contribution in [0.15, 0.2) is 158 Å². The highest BCUT2D eigenvalue weighted by molar-refractivity contribution is 6.24. The molecule has 48 heavy (non-hydrogen) atoms. The van der Waals surface area contributed by atoms with Gasteiger partial charge in [-0.3, -0.25) is 15.0 Å². The van der Waals surface area contributed by atoms with Crippen molar-refractivity contribution in [2.24, 2.45) is 0 Å². The molecule has 0 aliphatic carbocycles. The van der Waals surface area contributed by atoms with Gasteiger partial charge in [-0.05, 0) is 80.7 Å². The predicted molar refractivity (Wildman–Crippen MR) is 199 cm³/mol. The van der Waals surface area contributed by atoms with Crippen LogP contribution in [0.5, 0.6) is 0 Å². The zero-order valence-corrected chi connectivity index (χ0v) is 25.8. The van der Waals surface area contributed by atoms with Gasteiger partial charge in [-0.2, -0.15) is 0 Å². The highest BCUT2D eigenvalue weighted by Crippen LogP contribution is 2.37. The molecule has 0 saturated heterocycles. The van der Waals surface area contributed by atoms with Gasteiger partial charge >= 0.3 is 0 Å². The number of hydrogen-bond donors (Lipinski definition) is 0. The van der Waals surface area contributed by atoms with Crippen LogP contribution in [0, 0.1) is 0 Å². The number of fused-ring (bicyclic) bond motifs is 12. The van der Waals surface area contributed by atoms with E-state index in [0.29, 0.717) is 0 Å². The van der Waals surface area contributed by atoms with Crippen molar-refractivity contribution in [2.75, 3.05) is 0 Å². The van der Waals surface area contributed by atoms with Crippen LogP contribution in [0.1, 0.15) is 0 Å². The molecular weight excluding hydrogens is 585 g/mol. The molecule has 0 atom stereocenters. The zero-order chi connectivity index (χ0) is 31.6. The molecule has 10 aromatic rings. The summed E-state index contributed by atoms with van der Waals surface area (Å²) in [5.74, 6) is 0. The minimum Gasteiger partial charge on any atom is -0.254 e. The quantitative estimate of drug-likeness (QED) is 0.187. The molecule has 0 spiro atoms. The van der Waals surface area contributed by atoms with E-state index >= 15 is 0 Å². The molecule has 4 heterocycles. The Hall–Kier alpha value is -6.52. The molecule has 0 saturated carbocycles. The third kappa shape index (κ3) is 4.10. The Bertz CT molecular complexity index is 2640. The van der Waals surface area contributed by atoms with E-state index < -0.39 is 0 Å². The maximum Gasteiger partial charge on any atom is 0.0978 e. The molecule has 0 radical (unpaired) electrons. The molecule has 0 fully saturated rings. The summed E-state index contributed by atoms with van der Waals surface area (Å²) in [6, 6.07) is 49.2. The molecule has 0 amide bonds. The predicted octanol–water partition coefficient (Wildman–Crippen LogP) is 11.2. The van der Waals surface area contributed by atoms with Crippen LogP contribution in [0.4, 0.5) is 0 Å². The fourth-order valence-corrected chi connectivity index (χ4v) is 7.30. The normalized spacial score (nSPS) is 11.8. The van der Waals surface area contributed by atoms with Gasteiger partial charge in [0.05, 0.1) is 27.8 Å². The standard InChI is InChI=1S/C44H26N4/c1-2-14-33-32(13-1)37-18-8-22-46-42(37)44-38(33)19-20-40(48-44)30-12-6-10-28(24-30)27-9-5-11-29(23-27)31-25-39-35-16-4-3-15-34(35)36-17-7-21-45-41(36)43(39)47-26-31/h1-26H. The van der Waals surface area contributed by atoms with E-state index in [4.69, 9.17) is 19.9 Å². The van der Waals surface area contributed by atoms with Gasteiger partial charge < -0.3 is 0 Å². The zero-order valence-electron chi connectivity index (χ0n) is 25.8. The molecule has 0 aliphatic rings. The van der Waals surface area contributed by atoms with Crippen molar-refractivity contribution in [1.29, 1.82) is 0 Å². The Morgan fingerprint density at radius 1 is 0.292 bits per heavy atom. The lowest BCUT2D eigenvalue weighted by Gasteiger charge is -2.12. The summed E-state index contributed by atoms with van der Waals surface area (Å²) in [6.45, 7) is 0. The second kappa shape index (κ2) is 10.5. The van der Waals surface area contributed by atoms with Crippen molar-refractivity contribution in [3.05, 3.63) is 158 Å². The topological polar surface area (TPSA) is 51.6 Å². The molecule has 0 unspecified atom stereocenters. The van der Waals surface area contributed by atoms with Gasteiger partial charge in [-0.1, -0.05) is 97.1 Å². The van der Waals surface area contributed by atoms with E-state index in [1.165, 1.54) is 21.5 Å². The fourth-order valence-electron chi connectivity index (χ4n) is 7.30. The highest BCUT2D eigenvalue weighted by Gasteiger charge is 2.14. The van der Waals surface area contributed by atoms with Crippen LogP contribution in [0.3, 0.4) is 0 Å². The van der Waals surface area contributed by atoms with E-state index in [-0.39, 0.29) is 0 Å². The molecule has 4 nitrogen and oxygen atoms in total. The van der Waals surface area contributed by atoms with Gasteiger partial charge in [0.15, 0.2) is 0 Å². The third-order valence-electron chi connectivity index (χ3n) is 9.55. The van der Waals surface area contributed by atoms with Crippen LogP contribution >= 0.6 is 0 Å². The number of benzene rings is 6. The number of hydrogen-bond acceptors (Lipinski definition) is 4. The average Bonchev–Trinajstić information content (AvgIpc) is 3.18. The van der Waals surface area contributed by atoms with E-state index in [1.54, 1.807) is 0 Å². The van der Waals surface area contributed by atoms with Gasteiger partial charge in [-0.15, -0.1) is 0 Å². The molecule has 10 rings (SSSR count). The van der Waals surface area contributed by atoms with Crippen molar-refractivity contribution < 1.29 is 0 Å². The van der Waals surface area contributed by atoms with Crippen molar-refractivity contribution in [3.63, 3.8) is 0 Å². The lowest BCUT2D eigenvalue weighted by Crippen LogP contribution is -1.91. The smallest absolute Gasteiger partial charge is 0.0978 e. The first-order chi connectivity index (χ1) is 23.8. The summed E-state index contributed by atoms with van der Waals surface area (Å²) < 4.78 is 0. The second-order valence-corrected chi connectivity index (χ2v) is 12.3. The van der Waals surface area contributed by atoms with Crippen molar-refractivity contribution >= 4 is 65.2 Å². The lowest BCUT2D eigenvalue weighted by atomic mass is 9.95. The van der Waals surface area contributed by atoms with E-state index in [9.17, 15) is 0 Å². The molecule has 4 heteroatoms. The van der Waals surface area contributed by atoms with Crippen molar-refractivity contribution in [2.45, 2.75) is 0 Å². The Labute approximate surface area is 276 Å². The maximum absolute atomic E-state index is 5.22. The van der Waals surface area contributed by atoms with Gasteiger partial charge in [0.2, 0.25) is 0 Å². The Balaban J connectivity index is 1.08. The van der Waals surface area contributed by atoms with Crippen LogP contribution in [0.2, 0.25) is 0 Å². The number of nitrogens with zero attached hydrogens (tertiary/aromatic N) is 4. The van der Waals surface area contributed by atoms with Crippen LogP contribution in [-0.2, 0) is 0 Å². The highest BCUT2D eigenvalue weighted by atomic mass is 14.8. The minimum absolute atomic E-state index is 0.925. The summed E-state index contributed by atoms with van der Waals surface area (Å²) in [6.07, 6.45) is 5.67. The van der Waals surface area contributed by atoms with Crippen LogP contribution < -0.4 is 0 Å². The fraction of sp³-hybridized carbons (Fsp3) is 0. The maximum atomic E-state index is 5.22. The van der Waals surface area contributed by atoms with Gasteiger partial charge in [0.25, 0.3) is 0 Å². The molecule has 0 N–H and O–H groups in total. The van der Waals surface area contributed by atoms with Crippen LogP contribution in [0.25, 0.3) is 98.7 Å². The largest absolute Gasteiger partial charge is 0.254 e. The number of aromatic nitrogens is 4.